The minimum absolute atomic E-state index is 0.0142. The Labute approximate surface area is 104 Å². The molecular weight excluding hydrogens is 212 g/mol. The molecule has 0 heterocycles. The number of rotatable bonds is 2. The minimum atomic E-state index is -0.259. The van der Waals surface area contributed by atoms with Crippen LogP contribution < -0.4 is 0 Å². The number of hydrogen-bond acceptors (Lipinski definition) is 2. The second-order valence-corrected chi connectivity index (χ2v) is 6.39. The fourth-order valence-corrected chi connectivity index (χ4v) is 3.81. The summed E-state index contributed by atoms with van der Waals surface area (Å²) in [6.45, 7) is 6.71. The fraction of sp³-hybridized carbons (Fsp3) is 0.800. The predicted molar refractivity (Wildman–Crippen MR) is 68.5 cm³/mol. The standard InChI is InChI=1S/C15H24O2/c1-10(2)12-6-7-15(3)13(12)8-11(9-16)4-5-14(15)17/h8-10,12-14,17H,4-7H2,1-3H3/t12-,13+,14+,15+/m0/s1. The van der Waals surface area contributed by atoms with Crippen LogP contribution in [0.4, 0.5) is 0 Å². The quantitative estimate of drug-likeness (QED) is 0.748. The van der Waals surface area contributed by atoms with Crippen LogP contribution in [0.2, 0.25) is 0 Å². The molecule has 0 aromatic carbocycles. The van der Waals surface area contributed by atoms with Crippen LogP contribution in [0.1, 0.15) is 46.5 Å². The SMILES string of the molecule is CC(C)[C@@H]1CC[C@@]2(C)[C@H](O)CCC(C=O)=C[C@H]12. The van der Waals surface area contributed by atoms with Crippen molar-refractivity contribution in [1.82, 2.24) is 0 Å². The van der Waals surface area contributed by atoms with E-state index in [1.807, 2.05) is 0 Å². The summed E-state index contributed by atoms with van der Waals surface area (Å²) in [5.41, 5.74) is 0.880. The molecule has 2 heteroatoms. The topological polar surface area (TPSA) is 37.3 Å². The summed E-state index contributed by atoms with van der Waals surface area (Å²) < 4.78 is 0. The second-order valence-electron chi connectivity index (χ2n) is 6.39. The average molecular weight is 236 g/mol. The molecule has 0 spiro atoms. The Kier molecular flexibility index (Phi) is 3.44. The summed E-state index contributed by atoms with van der Waals surface area (Å²) in [6, 6.07) is 0. The lowest BCUT2D eigenvalue weighted by atomic mass is 9.71. The molecule has 2 aliphatic rings. The average Bonchev–Trinajstić information content (AvgIpc) is 2.57. The van der Waals surface area contributed by atoms with Gasteiger partial charge >= 0.3 is 0 Å². The van der Waals surface area contributed by atoms with E-state index in [9.17, 15) is 9.90 Å². The van der Waals surface area contributed by atoms with Crippen LogP contribution in [0.3, 0.4) is 0 Å². The first kappa shape index (κ1) is 12.8. The van der Waals surface area contributed by atoms with Crippen molar-refractivity contribution in [2.75, 3.05) is 0 Å². The van der Waals surface area contributed by atoms with Crippen molar-refractivity contribution < 1.29 is 9.90 Å². The molecule has 1 N–H and O–H groups in total. The van der Waals surface area contributed by atoms with Crippen molar-refractivity contribution in [2.45, 2.75) is 52.6 Å². The summed E-state index contributed by atoms with van der Waals surface area (Å²) in [5, 5.41) is 10.4. The van der Waals surface area contributed by atoms with Gasteiger partial charge in [0.2, 0.25) is 0 Å². The third-order valence-corrected chi connectivity index (χ3v) is 5.11. The number of aldehydes is 1. The monoisotopic (exact) mass is 236 g/mol. The zero-order chi connectivity index (χ0) is 12.6. The van der Waals surface area contributed by atoms with E-state index in [4.69, 9.17) is 0 Å². The first-order valence-corrected chi connectivity index (χ1v) is 6.83. The van der Waals surface area contributed by atoms with Crippen molar-refractivity contribution in [2.24, 2.45) is 23.2 Å². The maximum atomic E-state index is 11.0. The van der Waals surface area contributed by atoms with Gasteiger partial charge in [0.1, 0.15) is 6.29 Å². The van der Waals surface area contributed by atoms with Gasteiger partial charge in [-0.15, -0.1) is 0 Å². The number of aliphatic hydroxyl groups is 1. The predicted octanol–water partition coefficient (Wildman–Crippen LogP) is 2.95. The van der Waals surface area contributed by atoms with E-state index in [1.165, 1.54) is 6.42 Å². The van der Waals surface area contributed by atoms with Crippen LogP contribution in [-0.2, 0) is 4.79 Å². The van der Waals surface area contributed by atoms with Crippen LogP contribution in [0.25, 0.3) is 0 Å². The van der Waals surface area contributed by atoms with Crippen molar-refractivity contribution in [3.05, 3.63) is 11.6 Å². The zero-order valence-corrected chi connectivity index (χ0v) is 11.1. The lowest BCUT2D eigenvalue weighted by molar-refractivity contribution is -0.105. The van der Waals surface area contributed by atoms with Gasteiger partial charge in [0.05, 0.1) is 6.10 Å². The number of allylic oxidation sites excluding steroid dienone is 2. The molecule has 2 rings (SSSR count). The fourth-order valence-electron chi connectivity index (χ4n) is 3.81. The molecule has 0 saturated heterocycles. The highest BCUT2D eigenvalue weighted by atomic mass is 16.3. The van der Waals surface area contributed by atoms with E-state index in [0.29, 0.717) is 17.8 Å². The van der Waals surface area contributed by atoms with E-state index in [-0.39, 0.29) is 11.5 Å². The third-order valence-electron chi connectivity index (χ3n) is 5.11. The van der Waals surface area contributed by atoms with Gasteiger partial charge in [-0.05, 0) is 49.0 Å². The Morgan fingerprint density at radius 2 is 2.18 bits per heavy atom. The summed E-state index contributed by atoms with van der Waals surface area (Å²) >= 11 is 0. The maximum absolute atomic E-state index is 11.0. The molecule has 0 bridgehead atoms. The highest BCUT2D eigenvalue weighted by molar-refractivity contribution is 5.73. The Morgan fingerprint density at radius 3 is 2.76 bits per heavy atom. The van der Waals surface area contributed by atoms with Crippen LogP contribution in [-0.4, -0.2) is 17.5 Å². The molecule has 96 valence electrons. The molecule has 2 nitrogen and oxygen atoms in total. The van der Waals surface area contributed by atoms with Gasteiger partial charge in [0, 0.05) is 5.41 Å². The number of hydrogen-bond donors (Lipinski definition) is 1. The normalized spacial score (nSPS) is 41.9. The smallest absolute Gasteiger partial charge is 0.145 e. The van der Waals surface area contributed by atoms with Crippen LogP contribution in [0.15, 0.2) is 11.6 Å². The van der Waals surface area contributed by atoms with Gasteiger partial charge < -0.3 is 5.11 Å². The highest BCUT2D eigenvalue weighted by Gasteiger charge is 2.49. The van der Waals surface area contributed by atoms with E-state index in [1.54, 1.807) is 0 Å². The van der Waals surface area contributed by atoms with Crippen molar-refractivity contribution in [3.63, 3.8) is 0 Å². The molecule has 0 aromatic rings. The Balaban J connectivity index is 2.36. The Bertz CT molecular complexity index is 332. The first-order valence-electron chi connectivity index (χ1n) is 6.83. The summed E-state index contributed by atoms with van der Waals surface area (Å²) in [5.74, 6) is 1.61. The number of fused-ring (bicyclic) bond motifs is 1. The Hall–Kier alpha value is -0.630. The number of carbonyl (C=O) groups excluding carboxylic acids is 1. The molecular formula is C15H24O2. The lowest BCUT2D eigenvalue weighted by Crippen LogP contribution is -2.36. The molecule has 2 aliphatic carbocycles. The largest absolute Gasteiger partial charge is 0.393 e. The highest BCUT2D eigenvalue weighted by Crippen LogP contribution is 2.54. The molecule has 0 aromatic heterocycles. The number of carbonyl (C=O) groups is 1. The van der Waals surface area contributed by atoms with Gasteiger partial charge in [-0.1, -0.05) is 26.8 Å². The van der Waals surface area contributed by atoms with E-state index in [2.05, 4.69) is 26.8 Å². The van der Waals surface area contributed by atoms with Gasteiger partial charge in [-0.2, -0.15) is 0 Å². The molecule has 1 saturated carbocycles. The van der Waals surface area contributed by atoms with Gasteiger partial charge in [-0.25, -0.2) is 0 Å². The molecule has 17 heavy (non-hydrogen) atoms. The van der Waals surface area contributed by atoms with Crippen molar-refractivity contribution in [1.29, 1.82) is 0 Å². The molecule has 0 radical (unpaired) electrons. The molecule has 1 fully saturated rings. The maximum Gasteiger partial charge on any atom is 0.145 e. The summed E-state index contributed by atoms with van der Waals surface area (Å²) in [6.07, 6.45) is 6.63. The van der Waals surface area contributed by atoms with Crippen LogP contribution >= 0.6 is 0 Å². The van der Waals surface area contributed by atoms with Gasteiger partial charge in [0.15, 0.2) is 0 Å². The summed E-state index contributed by atoms with van der Waals surface area (Å²) in [4.78, 5) is 11.0. The minimum Gasteiger partial charge on any atom is -0.393 e. The molecule has 0 aliphatic heterocycles. The Morgan fingerprint density at radius 1 is 1.47 bits per heavy atom. The lowest BCUT2D eigenvalue weighted by Gasteiger charge is -2.36. The molecule has 0 amide bonds. The summed E-state index contributed by atoms with van der Waals surface area (Å²) in [7, 11) is 0. The first-order chi connectivity index (χ1) is 7.99. The van der Waals surface area contributed by atoms with Crippen LogP contribution in [0, 0.1) is 23.2 Å². The van der Waals surface area contributed by atoms with Crippen LogP contribution in [0.5, 0.6) is 0 Å². The van der Waals surface area contributed by atoms with E-state index >= 15 is 0 Å². The molecule has 0 unspecified atom stereocenters. The van der Waals surface area contributed by atoms with Gasteiger partial charge in [-0.3, -0.25) is 4.79 Å². The van der Waals surface area contributed by atoms with Gasteiger partial charge in [0.25, 0.3) is 0 Å². The van der Waals surface area contributed by atoms with Crippen molar-refractivity contribution >= 4 is 6.29 Å². The van der Waals surface area contributed by atoms with E-state index in [0.717, 1.165) is 31.1 Å². The zero-order valence-electron chi connectivity index (χ0n) is 11.1. The van der Waals surface area contributed by atoms with E-state index < -0.39 is 0 Å². The second kappa shape index (κ2) is 4.56. The number of aliphatic hydroxyl groups excluding tert-OH is 1. The van der Waals surface area contributed by atoms with Crippen molar-refractivity contribution in [3.8, 4) is 0 Å². The third kappa shape index (κ3) is 2.08. The molecule has 4 atom stereocenters.